The first-order valence-electron chi connectivity index (χ1n) is 10.6. The minimum Gasteiger partial charge on any atom is -0.497 e. The van der Waals surface area contributed by atoms with Crippen LogP contribution in [0.25, 0.3) is 0 Å². The molecule has 1 aliphatic heterocycles. The summed E-state index contributed by atoms with van der Waals surface area (Å²) in [6, 6.07) is 7.53. The van der Waals surface area contributed by atoms with E-state index < -0.39 is 11.5 Å². The molecule has 1 amide bonds. The predicted octanol–water partition coefficient (Wildman–Crippen LogP) is 4.18. The van der Waals surface area contributed by atoms with Gasteiger partial charge in [-0.05, 0) is 57.2 Å². The second-order valence-corrected chi connectivity index (χ2v) is 10.8. The number of carboxylic acid groups (broad SMARTS) is 1. The molecule has 1 saturated heterocycles. The van der Waals surface area contributed by atoms with Gasteiger partial charge >= 0.3 is 5.97 Å². The third-order valence-electron chi connectivity index (χ3n) is 5.82. The first kappa shape index (κ1) is 24.2. The molecule has 0 aromatic heterocycles. The molecule has 6 nitrogen and oxygen atoms in total. The maximum absolute atomic E-state index is 13.4. The molecule has 6 heteroatoms. The van der Waals surface area contributed by atoms with E-state index in [1.807, 2.05) is 75.6 Å². The number of carboxylic acids is 1. The fourth-order valence-electron chi connectivity index (χ4n) is 4.42. The Hall–Kier alpha value is -2.08. The van der Waals surface area contributed by atoms with Gasteiger partial charge in [0.25, 0.3) is 0 Å². The molecule has 1 N–H and O–H groups in total. The van der Waals surface area contributed by atoms with E-state index >= 15 is 0 Å². The lowest BCUT2D eigenvalue weighted by atomic mass is 9.90. The number of aliphatic carboxylic acids is 1. The highest BCUT2D eigenvalue weighted by Gasteiger charge is 2.53. The molecule has 1 aliphatic rings. The van der Waals surface area contributed by atoms with Gasteiger partial charge in [0.2, 0.25) is 5.91 Å². The van der Waals surface area contributed by atoms with Crippen LogP contribution >= 0.6 is 0 Å². The van der Waals surface area contributed by atoms with Crippen molar-refractivity contribution in [3.8, 4) is 5.75 Å². The van der Waals surface area contributed by atoms with Crippen LogP contribution in [0.2, 0.25) is 0 Å². The van der Waals surface area contributed by atoms with Crippen molar-refractivity contribution in [3.05, 3.63) is 29.8 Å². The van der Waals surface area contributed by atoms with E-state index in [-0.39, 0.29) is 22.9 Å². The number of likely N-dealkylation sites (tertiary alicyclic amines) is 1. The van der Waals surface area contributed by atoms with E-state index in [2.05, 4.69) is 0 Å². The average Bonchev–Trinajstić information content (AvgIpc) is 2.97. The number of amides is 1. The van der Waals surface area contributed by atoms with Crippen molar-refractivity contribution in [2.75, 3.05) is 13.7 Å². The summed E-state index contributed by atoms with van der Waals surface area (Å²) in [6.45, 7) is 15.0. The predicted molar refractivity (Wildman–Crippen MR) is 119 cm³/mol. The zero-order valence-electron chi connectivity index (χ0n) is 19.8. The number of carbonyl (C=O) groups excluding carboxylic acids is 1. The Bertz CT molecular complexity index is 778. The van der Waals surface area contributed by atoms with Crippen molar-refractivity contribution in [3.63, 3.8) is 0 Å². The van der Waals surface area contributed by atoms with Gasteiger partial charge in [-0.2, -0.15) is 0 Å². The molecule has 0 bridgehead atoms. The number of carbonyl (C=O) groups is 2. The van der Waals surface area contributed by atoms with E-state index in [4.69, 9.17) is 4.74 Å². The highest BCUT2D eigenvalue weighted by Crippen LogP contribution is 2.38. The SMILES string of the molecule is COc1cccc(CN(C(=O)CC(C)(C)C)[C@H]2CN(C(C)(C)C)[C@](C)(C(=O)O)C2)c1. The molecule has 1 aromatic rings. The lowest BCUT2D eigenvalue weighted by Crippen LogP contribution is -2.56. The van der Waals surface area contributed by atoms with E-state index in [1.165, 1.54) is 0 Å². The lowest BCUT2D eigenvalue weighted by molar-refractivity contribution is -0.151. The van der Waals surface area contributed by atoms with Crippen molar-refractivity contribution in [2.24, 2.45) is 5.41 Å². The first-order valence-corrected chi connectivity index (χ1v) is 10.6. The molecule has 2 rings (SSSR count). The molecule has 0 saturated carbocycles. The second kappa shape index (κ2) is 8.58. The first-order chi connectivity index (χ1) is 13.7. The number of benzene rings is 1. The Morgan fingerprint density at radius 3 is 2.33 bits per heavy atom. The van der Waals surface area contributed by atoms with Crippen LogP contribution in [-0.4, -0.2) is 57.6 Å². The molecule has 2 atom stereocenters. The summed E-state index contributed by atoms with van der Waals surface area (Å²) >= 11 is 0. The van der Waals surface area contributed by atoms with Gasteiger partial charge in [0.15, 0.2) is 0 Å². The number of rotatable bonds is 6. The van der Waals surface area contributed by atoms with Gasteiger partial charge in [-0.15, -0.1) is 0 Å². The third-order valence-corrected chi connectivity index (χ3v) is 5.82. The number of hydrogen-bond acceptors (Lipinski definition) is 4. The quantitative estimate of drug-likeness (QED) is 0.751. The van der Waals surface area contributed by atoms with Gasteiger partial charge < -0.3 is 14.7 Å². The van der Waals surface area contributed by atoms with Crippen molar-refractivity contribution in [2.45, 2.75) is 85.0 Å². The van der Waals surface area contributed by atoms with Crippen molar-refractivity contribution < 1.29 is 19.4 Å². The van der Waals surface area contributed by atoms with Crippen molar-refractivity contribution in [1.29, 1.82) is 0 Å². The molecule has 0 unspecified atom stereocenters. The third kappa shape index (κ3) is 5.54. The molecule has 168 valence electrons. The monoisotopic (exact) mass is 418 g/mol. The Morgan fingerprint density at radius 2 is 1.87 bits per heavy atom. The number of hydrogen-bond donors (Lipinski definition) is 1. The largest absolute Gasteiger partial charge is 0.497 e. The van der Waals surface area contributed by atoms with E-state index in [0.717, 1.165) is 11.3 Å². The molecular formula is C24H38N2O4. The van der Waals surface area contributed by atoms with E-state index in [9.17, 15) is 14.7 Å². The molecule has 0 radical (unpaired) electrons. The van der Waals surface area contributed by atoms with E-state index in [0.29, 0.717) is 25.9 Å². The standard InChI is InChI=1S/C24H38N2O4/c1-22(2,3)14-20(27)25(15-17-10-9-11-19(12-17)30-8)18-13-24(7,21(28)29)26(16-18)23(4,5)6/h9-12,18H,13-16H2,1-8H3,(H,28,29)/t18-,24+/m1/s1. The van der Waals surface area contributed by atoms with Gasteiger partial charge in [-0.3, -0.25) is 14.5 Å². The normalized spacial score (nSPS) is 22.7. The topological polar surface area (TPSA) is 70.1 Å². The summed E-state index contributed by atoms with van der Waals surface area (Å²) in [5.41, 5.74) is -0.515. The van der Waals surface area contributed by atoms with Crippen molar-refractivity contribution in [1.82, 2.24) is 9.80 Å². The molecule has 1 fully saturated rings. The molecule has 0 spiro atoms. The van der Waals surface area contributed by atoms with Crippen LogP contribution in [0.1, 0.15) is 66.9 Å². The van der Waals surface area contributed by atoms with Crippen LogP contribution in [0.3, 0.4) is 0 Å². The number of nitrogens with zero attached hydrogens (tertiary/aromatic N) is 2. The minimum atomic E-state index is -1.02. The zero-order valence-corrected chi connectivity index (χ0v) is 19.8. The highest BCUT2D eigenvalue weighted by molar-refractivity contribution is 5.80. The van der Waals surface area contributed by atoms with Crippen LogP contribution in [0.5, 0.6) is 5.75 Å². The summed E-state index contributed by atoms with van der Waals surface area (Å²) in [7, 11) is 1.62. The summed E-state index contributed by atoms with van der Waals surface area (Å²) < 4.78 is 5.34. The highest BCUT2D eigenvalue weighted by atomic mass is 16.5. The van der Waals surface area contributed by atoms with Gasteiger partial charge in [-0.1, -0.05) is 32.9 Å². The van der Waals surface area contributed by atoms with Crippen LogP contribution in [0.15, 0.2) is 24.3 Å². The Morgan fingerprint density at radius 1 is 1.23 bits per heavy atom. The van der Waals surface area contributed by atoms with Gasteiger partial charge in [-0.25, -0.2) is 0 Å². The smallest absolute Gasteiger partial charge is 0.323 e. The van der Waals surface area contributed by atoms with Gasteiger partial charge in [0.05, 0.1) is 7.11 Å². The van der Waals surface area contributed by atoms with E-state index in [1.54, 1.807) is 14.0 Å². The van der Waals surface area contributed by atoms with Gasteiger partial charge in [0.1, 0.15) is 11.3 Å². The van der Waals surface area contributed by atoms with Gasteiger partial charge in [0, 0.05) is 31.1 Å². The number of methoxy groups -OCH3 is 1. The summed E-state index contributed by atoms with van der Waals surface area (Å²) in [5.74, 6) is -0.0443. The molecule has 30 heavy (non-hydrogen) atoms. The Kier molecular flexibility index (Phi) is 6.92. The van der Waals surface area contributed by atoms with Crippen LogP contribution in [0.4, 0.5) is 0 Å². The zero-order chi connectivity index (χ0) is 22.9. The average molecular weight is 419 g/mol. The summed E-state index contributed by atoms with van der Waals surface area (Å²) in [5, 5.41) is 10.0. The Balaban J connectivity index is 2.40. The fraction of sp³-hybridized carbons (Fsp3) is 0.667. The molecular weight excluding hydrogens is 380 g/mol. The number of ether oxygens (including phenoxy) is 1. The molecule has 1 heterocycles. The summed E-state index contributed by atoms with van der Waals surface area (Å²) in [6.07, 6.45) is 0.812. The van der Waals surface area contributed by atoms with Crippen LogP contribution in [0, 0.1) is 5.41 Å². The minimum absolute atomic E-state index is 0.0545. The second-order valence-electron chi connectivity index (χ2n) is 10.8. The molecule has 1 aromatic carbocycles. The lowest BCUT2D eigenvalue weighted by Gasteiger charge is -2.41. The Labute approximate surface area is 181 Å². The van der Waals surface area contributed by atoms with Crippen molar-refractivity contribution >= 4 is 11.9 Å². The maximum Gasteiger partial charge on any atom is 0.323 e. The summed E-state index contributed by atoms with van der Waals surface area (Å²) in [4.78, 5) is 29.5. The maximum atomic E-state index is 13.4. The van der Waals surface area contributed by atoms with Crippen LogP contribution < -0.4 is 4.74 Å². The fourth-order valence-corrected chi connectivity index (χ4v) is 4.42. The molecule has 0 aliphatic carbocycles. The van der Waals surface area contributed by atoms with Crippen LogP contribution in [-0.2, 0) is 16.1 Å².